The number of amides is 2. The predicted molar refractivity (Wildman–Crippen MR) is 87.3 cm³/mol. The van der Waals surface area contributed by atoms with Gasteiger partial charge in [0.15, 0.2) is 5.69 Å². The third kappa shape index (κ3) is 4.92. The lowest BCUT2D eigenvalue weighted by atomic mass is 9.98. The van der Waals surface area contributed by atoms with Crippen LogP contribution in [0.4, 0.5) is 4.79 Å². The van der Waals surface area contributed by atoms with Gasteiger partial charge in [-0.3, -0.25) is 4.79 Å². The van der Waals surface area contributed by atoms with Crippen LogP contribution >= 0.6 is 11.3 Å². The molecule has 1 fully saturated rings. The Morgan fingerprint density at radius 3 is 2.75 bits per heavy atom. The molecule has 1 aromatic rings. The van der Waals surface area contributed by atoms with E-state index in [0.717, 1.165) is 17.8 Å². The fourth-order valence-corrected chi connectivity index (χ4v) is 3.45. The molecule has 132 valence electrons. The van der Waals surface area contributed by atoms with Crippen molar-refractivity contribution in [2.75, 3.05) is 26.2 Å². The quantitative estimate of drug-likeness (QED) is 0.752. The average molecular weight is 355 g/mol. The van der Waals surface area contributed by atoms with E-state index in [2.05, 4.69) is 10.3 Å². The lowest BCUT2D eigenvalue weighted by molar-refractivity contribution is -0.136. The Labute approximate surface area is 143 Å². The third-order valence-corrected chi connectivity index (χ3v) is 4.76. The summed E-state index contributed by atoms with van der Waals surface area (Å²) in [5, 5.41) is 13.8. The van der Waals surface area contributed by atoms with E-state index in [9.17, 15) is 14.4 Å². The highest BCUT2D eigenvalue weighted by atomic mass is 32.1. The minimum atomic E-state index is -0.935. The zero-order chi connectivity index (χ0) is 17.5. The van der Waals surface area contributed by atoms with Gasteiger partial charge in [-0.1, -0.05) is 0 Å². The Kier molecular flexibility index (Phi) is 6.53. The number of esters is 1. The summed E-state index contributed by atoms with van der Waals surface area (Å²) in [5.41, 5.74) is 0.339. The fourth-order valence-electron chi connectivity index (χ4n) is 2.49. The summed E-state index contributed by atoms with van der Waals surface area (Å²) >= 11 is 1.44. The number of carboxylic acid groups (broad SMARTS) is 1. The number of hydrogen-bond donors (Lipinski definition) is 2. The van der Waals surface area contributed by atoms with Crippen LogP contribution in [0.5, 0.6) is 0 Å². The predicted octanol–water partition coefficient (Wildman–Crippen LogP) is 1.68. The molecular formula is C15H21N3O5S. The second kappa shape index (κ2) is 8.62. The van der Waals surface area contributed by atoms with E-state index in [1.165, 1.54) is 11.3 Å². The molecule has 8 nitrogen and oxygen atoms in total. The van der Waals surface area contributed by atoms with Crippen LogP contribution in [0.15, 0.2) is 5.38 Å². The van der Waals surface area contributed by atoms with Crippen LogP contribution in [-0.2, 0) is 9.53 Å². The first-order valence-corrected chi connectivity index (χ1v) is 8.76. The lowest BCUT2D eigenvalue weighted by Crippen LogP contribution is -2.44. The summed E-state index contributed by atoms with van der Waals surface area (Å²) in [7, 11) is 0. The minimum absolute atomic E-state index is 0.0854. The van der Waals surface area contributed by atoms with Crippen molar-refractivity contribution >= 4 is 29.3 Å². The molecule has 2 heterocycles. The highest BCUT2D eigenvalue weighted by molar-refractivity contribution is 7.09. The topological polar surface area (TPSA) is 109 Å². The van der Waals surface area contributed by atoms with E-state index in [0.29, 0.717) is 25.4 Å². The number of aromatic nitrogens is 1. The number of nitrogens with zero attached hydrogens (tertiary/aromatic N) is 2. The van der Waals surface area contributed by atoms with Gasteiger partial charge in [0.05, 0.1) is 18.0 Å². The molecule has 0 atom stereocenters. The van der Waals surface area contributed by atoms with Crippen molar-refractivity contribution in [1.82, 2.24) is 15.2 Å². The second-order valence-electron chi connectivity index (χ2n) is 5.43. The molecule has 0 aliphatic carbocycles. The molecule has 24 heavy (non-hydrogen) atoms. The van der Waals surface area contributed by atoms with Crippen LogP contribution < -0.4 is 5.32 Å². The van der Waals surface area contributed by atoms with Gasteiger partial charge >= 0.3 is 18.0 Å². The average Bonchev–Trinajstić information content (AvgIpc) is 3.05. The normalized spacial score (nSPS) is 15.1. The number of carbonyl (C=O) groups excluding carboxylic acids is 2. The van der Waals surface area contributed by atoms with Crippen LogP contribution in [0.3, 0.4) is 0 Å². The molecule has 1 aromatic heterocycles. The van der Waals surface area contributed by atoms with Gasteiger partial charge < -0.3 is 20.1 Å². The molecule has 1 aliphatic rings. The maximum atomic E-state index is 11.9. The fraction of sp³-hybridized carbons (Fsp3) is 0.600. The van der Waals surface area contributed by atoms with E-state index in [-0.39, 0.29) is 24.9 Å². The van der Waals surface area contributed by atoms with E-state index >= 15 is 0 Å². The first kappa shape index (κ1) is 18.2. The highest BCUT2D eigenvalue weighted by Crippen LogP contribution is 2.30. The zero-order valence-corrected chi connectivity index (χ0v) is 14.3. The molecule has 0 spiro atoms. The van der Waals surface area contributed by atoms with Gasteiger partial charge in [-0.05, 0) is 19.8 Å². The largest absolute Gasteiger partial charge is 0.481 e. The van der Waals surface area contributed by atoms with Crippen molar-refractivity contribution in [2.45, 2.75) is 32.1 Å². The van der Waals surface area contributed by atoms with E-state index < -0.39 is 11.9 Å². The number of carbonyl (C=O) groups is 3. The van der Waals surface area contributed by atoms with Crippen molar-refractivity contribution in [3.8, 4) is 0 Å². The number of aliphatic carboxylic acids is 1. The number of piperidine rings is 1. The van der Waals surface area contributed by atoms with Crippen LogP contribution in [0.1, 0.15) is 47.6 Å². The maximum Gasteiger partial charge on any atom is 0.357 e. The van der Waals surface area contributed by atoms with Crippen LogP contribution in [0, 0.1) is 0 Å². The van der Waals surface area contributed by atoms with Crippen molar-refractivity contribution < 1.29 is 24.2 Å². The molecule has 2 amide bonds. The Bertz CT molecular complexity index is 596. The third-order valence-electron chi connectivity index (χ3n) is 3.75. The molecule has 0 aromatic carbocycles. The zero-order valence-electron chi connectivity index (χ0n) is 13.5. The molecule has 2 rings (SSSR count). The molecule has 1 aliphatic heterocycles. The van der Waals surface area contributed by atoms with Crippen molar-refractivity contribution in [3.05, 3.63) is 16.1 Å². The second-order valence-corrected chi connectivity index (χ2v) is 6.32. The molecule has 0 bridgehead atoms. The van der Waals surface area contributed by atoms with Crippen LogP contribution in [0.2, 0.25) is 0 Å². The SMILES string of the molecule is CCOC(=O)c1csc(C2CCN(C(=O)NCCC(=O)O)CC2)n1. The smallest absolute Gasteiger partial charge is 0.357 e. The van der Waals surface area contributed by atoms with Gasteiger partial charge in [0, 0.05) is 30.9 Å². The molecule has 0 saturated carbocycles. The Hall–Kier alpha value is -2.16. The van der Waals surface area contributed by atoms with Gasteiger partial charge in [-0.15, -0.1) is 11.3 Å². The number of rotatable bonds is 6. The number of likely N-dealkylation sites (tertiary alicyclic amines) is 1. The first-order chi connectivity index (χ1) is 11.5. The number of urea groups is 1. The van der Waals surface area contributed by atoms with Gasteiger partial charge in [0.25, 0.3) is 0 Å². The lowest BCUT2D eigenvalue weighted by Gasteiger charge is -2.31. The number of hydrogen-bond acceptors (Lipinski definition) is 6. The number of thiazole rings is 1. The van der Waals surface area contributed by atoms with Gasteiger partial charge in [0.2, 0.25) is 0 Å². The summed E-state index contributed by atoms with van der Waals surface area (Å²) in [4.78, 5) is 40.1. The Morgan fingerprint density at radius 1 is 1.42 bits per heavy atom. The maximum absolute atomic E-state index is 11.9. The standard InChI is InChI=1S/C15H21N3O5S/c1-2-23-14(21)11-9-24-13(17-11)10-4-7-18(8-5-10)15(22)16-6-3-12(19)20/h9-10H,2-8H2,1H3,(H,16,22)(H,19,20). The van der Waals surface area contributed by atoms with Crippen LogP contribution in [0.25, 0.3) is 0 Å². The van der Waals surface area contributed by atoms with Gasteiger partial charge in [0.1, 0.15) is 0 Å². The number of ether oxygens (including phenoxy) is 1. The summed E-state index contributed by atoms with van der Waals surface area (Å²) in [6.45, 7) is 3.36. The monoisotopic (exact) mass is 355 g/mol. The summed E-state index contributed by atoms with van der Waals surface area (Å²) in [6, 6.07) is -0.235. The van der Waals surface area contributed by atoms with Crippen molar-refractivity contribution in [2.24, 2.45) is 0 Å². The number of nitrogens with one attached hydrogen (secondary N) is 1. The van der Waals surface area contributed by atoms with E-state index in [4.69, 9.17) is 9.84 Å². The van der Waals surface area contributed by atoms with E-state index in [1.54, 1.807) is 17.2 Å². The Balaban J connectivity index is 1.81. The summed E-state index contributed by atoms with van der Waals surface area (Å²) < 4.78 is 4.93. The summed E-state index contributed by atoms with van der Waals surface area (Å²) in [5.74, 6) is -1.12. The van der Waals surface area contributed by atoms with Gasteiger partial charge in [-0.25, -0.2) is 14.6 Å². The number of carboxylic acids is 1. The van der Waals surface area contributed by atoms with Crippen molar-refractivity contribution in [1.29, 1.82) is 0 Å². The summed E-state index contributed by atoms with van der Waals surface area (Å²) in [6.07, 6.45) is 1.45. The van der Waals surface area contributed by atoms with Gasteiger partial charge in [-0.2, -0.15) is 0 Å². The van der Waals surface area contributed by atoms with Crippen LogP contribution in [-0.4, -0.2) is 59.2 Å². The Morgan fingerprint density at radius 2 is 2.12 bits per heavy atom. The van der Waals surface area contributed by atoms with Crippen molar-refractivity contribution in [3.63, 3.8) is 0 Å². The molecule has 0 unspecified atom stereocenters. The first-order valence-electron chi connectivity index (χ1n) is 7.88. The van der Waals surface area contributed by atoms with E-state index in [1.807, 2.05) is 0 Å². The molecule has 0 radical (unpaired) electrons. The molecular weight excluding hydrogens is 334 g/mol. The molecule has 1 saturated heterocycles. The minimum Gasteiger partial charge on any atom is -0.481 e. The molecule has 9 heteroatoms. The molecule has 2 N–H and O–H groups in total. The highest BCUT2D eigenvalue weighted by Gasteiger charge is 2.26.